The lowest BCUT2D eigenvalue weighted by molar-refractivity contribution is -0.149. The van der Waals surface area contributed by atoms with Gasteiger partial charge in [-0.15, -0.1) is 0 Å². The van der Waals surface area contributed by atoms with Crippen molar-refractivity contribution in [3.63, 3.8) is 0 Å². The molecule has 6 heteroatoms. The normalized spacial score (nSPS) is 12.7. The van der Waals surface area contributed by atoms with E-state index in [9.17, 15) is 9.90 Å². The molecule has 0 amide bonds. The Labute approximate surface area is 158 Å². The Kier molecular flexibility index (Phi) is 7.63. The Morgan fingerprint density at radius 3 is 2.58 bits per heavy atom. The van der Waals surface area contributed by atoms with Gasteiger partial charge in [0, 0.05) is 18.1 Å². The first-order chi connectivity index (χ1) is 12.5. The molecule has 0 aromatic heterocycles. The highest BCUT2D eigenvalue weighted by Crippen LogP contribution is 2.13. The number of carbonyl (C=O) groups is 1. The van der Waals surface area contributed by atoms with Crippen LogP contribution in [0.2, 0.25) is 5.02 Å². The van der Waals surface area contributed by atoms with Gasteiger partial charge in [0.25, 0.3) is 0 Å². The summed E-state index contributed by atoms with van der Waals surface area (Å²) in [6, 6.07) is 14.9. The van der Waals surface area contributed by atoms with Crippen molar-refractivity contribution in [1.82, 2.24) is 0 Å². The average molecular weight is 376 g/mol. The van der Waals surface area contributed by atoms with Gasteiger partial charge in [-0.05, 0) is 48.7 Å². The molecule has 0 spiro atoms. The minimum Gasteiger partial charge on any atom is -0.479 e. The van der Waals surface area contributed by atoms with Gasteiger partial charge in [-0.3, -0.25) is 0 Å². The van der Waals surface area contributed by atoms with Crippen LogP contribution in [0.25, 0.3) is 0 Å². The molecule has 2 aromatic rings. The number of hydrogen-bond acceptors (Lipinski definition) is 4. The quantitative estimate of drug-likeness (QED) is 0.523. The number of carboxylic acid groups (broad SMARTS) is 1. The zero-order chi connectivity index (χ0) is 18.9. The van der Waals surface area contributed by atoms with Crippen LogP contribution in [0.4, 0.5) is 0 Å². The van der Waals surface area contributed by atoms with Gasteiger partial charge in [0.1, 0.15) is 6.61 Å². The van der Waals surface area contributed by atoms with Gasteiger partial charge < -0.3 is 14.7 Å². The van der Waals surface area contributed by atoms with E-state index in [1.165, 1.54) is 0 Å². The molecule has 0 fully saturated rings. The third-order valence-electron chi connectivity index (χ3n) is 3.76. The fourth-order valence-corrected chi connectivity index (χ4v) is 2.52. The number of oxime groups is 1. The minimum absolute atomic E-state index is 0.302. The molecule has 0 unspecified atom stereocenters. The van der Waals surface area contributed by atoms with Crippen molar-refractivity contribution in [2.24, 2.45) is 5.16 Å². The maximum absolute atomic E-state index is 11.2. The number of rotatable bonds is 9. The minimum atomic E-state index is -0.964. The molecule has 0 radical (unpaired) electrons. The number of aliphatic carboxylic acids is 1. The maximum atomic E-state index is 11.2. The Morgan fingerprint density at radius 2 is 1.92 bits per heavy atom. The second-order valence-electron chi connectivity index (χ2n) is 5.76. The van der Waals surface area contributed by atoms with Crippen LogP contribution < -0.4 is 0 Å². The van der Waals surface area contributed by atoms with Gasteiger partial charge in [0.15, 0.2) is 6.10 Å². The summed E-state index contributed by atoms with van der Waals surface area (Å²) in [4.78, 5) is 16.6. The average Bonchev–Trinajstić information content (AvgIpc) is 2.63. The van der Waals surface area contributed by atoms with Crippen LogP contribution in [-0.4, -0.2) is 29.5 Å². The third-order valence-corrected chi connectivity index (χ3v) is 4.01. The Morgan fingerprint density at radius 1 is 1.19 bits per heavy atom. The lowest BCUT2D eigenvalue weighted by Gasteiger charge is -2.13. The highest BCUT2D eigenvalue weighted by Gasteiger charge is 2.18. The van der Waals surface area contributed by atoms with Crippen LogP contribution in [0.5, 0.6) is 0 Å². The first-order valence-corrected chi connectivity index (χ1v) is 8.72. The van der Waals surface area contributed by atoms with Crippen molar-refractivity contribution in [1.29, 1.82) is 0 Å². The molecule has 5 nitrogen and oxygen atoms in total. The molecule has 0 bridgehead atoms. The van der Waals surface area contributed by atoms with E-state index >= 15 is 0 Å². The number of ether oxygens (including phenoxy) is 1. The summed E-state index contributed by atoms with van der Waals surface area (Å²) in [6.45, 7) is 4.33. The summed E-state index contributed by atoms with van der Waals surface area (Å²) >= 11 is 5.85. The predicted octanol–water partition coefficient (Wildman–Crippen LogP) is 4.31. The van der Waals surface area contributed by atoms with Crippen LogP contribution in [0.3, 0.4) is 0 Å². The Bertz CT molecular complexity index is 759. The highest BCUT2D eigenvalue weighted by atomic mass is 35.5. The molecular formula is C20H22ClNO4. The molecule has 138 valence electrons. The number of halogens is 1. The molecule has 0 saturated carbocycles. The van der Waals surface area contributed by atoms with Gasteiger partial charge in [0.05, 0.1) is 5.71 Å². The number of hydrogen-bond donors (Lipinski definition) is 1. The van der Waals surface area contributed by atoms with E-state index in [1.807, 2.05) is 43.3 Å². The van der Waals surface area contributed by atoms with E-state index in [0.29, 0.717) is 30.4 Å². The standard InChI is InChI=1S/C20H22ClNO4/c1-3-25-19(20(23)24)12-16-5-4-6-17(11-16)14(2)22-26-13-15-7-9-18(21)10-8-15/h4-11,19H,3,12-13H2,1-2H3,(H,23,24)/b22-14+/t19-/m1/s1. The molecule has 0 aliphatic heterocycles. The first kappa shape index (κ1) is 19.9. The number of benzene rings is 2. The molecule has 0 aliphatic rings. The van der Waals surface area contributed by atoms with Crippen molar-refractivity contribution in [3.05, 3.63) is 70.2 Å². The van der Waals surface area contributed by atoms with E-state index in [1.54, 1.807) is 19.1 Å². The van der Waals surface area contributed by atoms with Crippen molar-refractivity contribution in [2.45, 2.75) is 33.0 Å². The fraction of sp³-hybridized carbons (Fsp3) is 0.300. The molecule has 2 rings (SSSR count). The van der Waals surface area contributed by atoms with Gasteiger partial charge in [0.2, 0.25) is 0 Å². The van der Waals surface area contributed by atoms with E-state index in [4.69, 9.17) is 21.2 Å². The molecule has 2 aromatic carbocycles. The van der Waals surface area contributed by atoms with E-state index in [2.05, 4.69) is 5.16 Å². The summed E-state index contributed by atoms with van der Waals surface area (Å²) in [7, 11) is 0. The lowest BCUT2D eigenvalue weighted by atomic mass is 10.0. The summed E-state index contributed by atoms with van der Waals surface area (Å²) < 4.78 is 5.27. The molecule has 0 heterocycles. The van der Waals surface area contributed by atoms with Crippen LogP contribution in [0, 0.1) is 0 Å². The summed E-state index contributed by atoms with van der Waals surface area (Å²) in [5.41, 5.74) is 3.43. The van der Waals surface area contributed by atoms with E-state index in [-0.39, 0.29) is 0 Å². The molecule has 0 aliphatic carbocycles. The third kappa shape index (κ3) is 6.17. The molecule has 0 saturated heterocycles. The first-order valence-electron chi connectivity index (χ1n) is 8.34. The fourth-order valence-electron chi connectivity index (χ4n) is 2.39. The van der Waals surface area contributed by atoms with Crippen molar-refractivity contribution < 1.29 is 19.5 Å². The van der Waals surface area contributed by atoms with Crippen molar-refractivity contribution in [3.8, 4) is 0 Å². The van der Waals surface area contributed by atoms with E-state index < -0.39 is 12.1 Å². The Hall–Kier alpha value is -2.37. The topological polar surface area (TPSA) is 68.1 Å². The molecular weight excluding hydrogens is 354 g/mol. The smallest absolute Gasteiger partial charge is 0.333 e. The molecule has 1 atom stereocenters. The van der Waals surface area contributed by atoms with Crippen molar-refractivity contribution in [2.75, 3.05) is 6.61 Å². The van der Waals surface area contributed by atoms with Gasteiger partial charge in [-0.2, -0.15) is 0 Å². The van der Waals surface area contributed by atoms with Gasteiger partial charge in [-0.1, -0.05) is 47.1 Å². The van der Waals surface area contributed by atoms with E-state index in [0.717, 1.165) is 16.7 Å². The SMILES string of the molecule is CCO[C@H](Cc1cccc(/C(C)=N/OCc2ccc(Cl)cc2)c1)C(=O)O. The van der Waals surface area contributed by atoms with Crippen LogP contribution in [0.1, 0.15) is 30.5 Å². The zero-order valence-electron chi connectivity index (χ0n) is 14.8. The number of carboxylic acids is 1. The summed E-state index contributed by atoms with van der Waals surface area (Å²) in [5.74, 6) is -0.964. The van der Waals surface area contributed by atoms with Crippen LogP contribution in [-0.2, 0) is 27.4 Å². The molecule has 26 heavy (non-hydrogen) atoms. The van der Waals surface area contributed by atoms with Gasteiger partial charge >= 0.3 is 5.97 Å². The Balaban J connectivity index is 2.00. The maximum Gasteiger partial charge on any atom is 0.333 e. The van der Waals surface area contributed by atoms with Crippen LogP contribution >= 0.6 is 11.6 Å². The highest BCUT2D eigenvalue weighted by molar-refractivity contribution is 6.30. The summed E-state index contributed by atoms with van der Waals surface area (Å²) in [5, 5.41) is 14.0. The van der Waals surface area contributed by atoms with Crippen LogP contribution in [0.15, 0.2) is 53.7 Å². The lowest BCUT2D eigenvalue weighted by Crippen LogP contribution is -2.26. The monoisotopic (exact) mass is 375 g/mol. The van der Waals surface area contributed by atoms with Crippen molar-refractivity contribution >= 4 is 23.3 Å². The van der Waals surface area contributed by atoms with Gasteiger partial charge in [-0.25, -0.2) is 4.79 Å². The summed E-state index contributed by atoms with van der Waals surface area (Å²) in [6.07, 6.45) is -0.552. The predicted molar refractivity (Wildman–Crippen MR) is 102 cm³/mol. The largest absolute Gasteiger partial charge is 0.479 e. The zero-order valence-corrected chi connectivity index (χ0v) is 15.6. The second kappa shape index (κ2) is 9.94. The molecule has 1 N–H and O–H groups in total. The number of nitrogens with zero attached hydrogens (tertiary/aromatic N) is 1. The second-order valence-corrected chi connectivity index (χ2v) is 6.20.